The molecule has 0 radical (unpaired) electrons. The van der Waals surface area contributed by atoms with Crippen LogP contribution in [0.3, 0.4) is 0 Å². The molecule has 0 fully saturated rings. The number of nitrogens with one attached hydrogen (secondary N) is 1. The fourth-order valence-corrected chi connectivity index (χ4v) is 2.63. The summed E-state index contributed by atoms with van der Waals surface area (Å²) in [5.74, 6) is -1.10. The number of halogens is 1. The predicted octanol–water partition coefficient (Wildman–Crippen LogP) is 3.07. The average molecular weight is 335 g/mol. The monoisotopic (exact) mass is 335 g/mol. The number of carbonyl (C=O) groups is 2. The first-order valence-corrected chi connectivity index (χ1v) is 8.21. The lowest BCUT2D eigenvalue weighted by Gasteiger charge is -2.13. The average Bonchev–Trinajstić information content (AvgIpc) is 3.05. The topological polar surface area (TPSA) is 55.4 Å². The van der Waals surface area contributed by atoms with Gasteiger partial charge < -0.3 is 10.1 Å². The van der Waals surface area contributed by atoms with Crippen LogP contribution in [0.25, 0.3) is 0 Å². The van der Waals surface area contributed by atoms with Gasteiger partial charge in [-0.1, -0.05) is 12.1 Å². The number of hydrogen-bond donors (Lipinski definition) is 1. The van der Waals surface area contributed by atoms with Gasteiger partial charge in [-0.2, -0.15) is 11.3 Å². The Balaban J connectivity index is 1.71. The molecule has 1 atom stereocenters. The maximum absolute atomic E-state index is 12.8. The Morgan fingerprint density at radius 2 is 1.96 bits per heavy atom. The minimum Gasteiger partial charge on any atom is -0.453 e. The molecule has 0 aliphatic carbocycles. The molecule has 1 N–H and O–H groups in total. The van der Waals surface area contributed by atoms with E-state index in [1.165, 1.54) is 19.1 Å². The van der Waals surface area contributed by atoms with Crippen molar-refractivity contribution >= 4 is 23.2 Å². The van der Waals surface area contributed by atoms with Gasteiger partial charge in [0.15, 0.2) is 6.10 Å². The van der Waals surface area contributed by atoms with Crippen molar-refractivity contribution < 1.29 is 18.7 Å². The molecule has 1 amide bonds. The maximum atomic E-state index is 12.8. The summed E-state index contributed by atoms with van der Waals surface area (Å²) in [4.78, 5) is 23.6. The molecule has 4 nitrogen and oxygen atoms in total. The van der Waals surface area contributed by atoms with E-state index in [4.69, 9.17) is 4.74 Å². The molecule has 1 heterocycles. The summed E-state index contributed by atoms with van der Waals surface area (Å²) in [7, 11) is 0. The van der Waals surface area contributed by atoms with E-state index in [-0.39, 0.29) is 24.7 Å². The second-order valence-electron chi connectivity index (χ2n) is 5.11. The minimum atomic E-state index is -0.856. The molecule has 0 saturated carbocycles. The van der Waals surface area contributed by atoms with E-state index in [0.717, 1.165) is 11.1 Å². The smallest absolute Gasteiger partial charge is 0.306 e. The van der Waals surface area contributed by atoms with Gasteiger partial charge in [-0.3, -0.25) is 9.59 Å². The van der Waals surface area contributed by atoms with E-state index in [0.29, 0.717) is 6.42 Å². The third-order valence-corrected chi connectivity index (χ3v) is 3.99. The normalized spacial score (nSPS) is 11.7. The first-order valence-electron chi connectivity index (χ1n) is 7.27. The highest BCUT2D eigenvalue weighted by molar-refractivity contribution is 7.07. The van der Waals surface area contributed by atoms with Crippen LogP contribution in [-0.4, -0.2) is 18.0 Å². The minimum absolute atomic E-state index is 0.242. The van der Waals surface area contributed by atoms with Crippen LogP contribution < -0.4 is 5.32 Å². The highest BCUT2D eigenvalue weighted by Crippen LogP contribution is 2.09. The van der Waals surface area contributed by atoms with Crippen LogP contribution in [-0.2, 0) is 27.3 Å². The summed E-state index contributed by atoms with van der Waals surface area (Å²) in [5.41, 5.74) is 1.86. The number of aryl methyl sites for hydroxylation is 1. The van der Waals surface area contributed by atoms with Crippen molar-refractivity contribution in [2.75, 3.05) is 0 Å². The fraction of sp³-hybridized carbons (Fsp3) is 0.294. The summed E-state index contributed by atoms with van der Waals surface area (Å²) >= 11 is 1.58. The second-order valence-corrected chi connectivity index (χ2v) is 5.89. The molecule has 1 aromatic carbocycles. The number of thiophene rings is 1. The lowest BCUT2D eigenvalue weighted by molar-refractivity contribution is -0.154. The van der Waals surface area contributed by atoms with E-state index >= 15 is 0 Å². The second kappa shape index (κ2) is 8.43. The summed E-state index contributed by atoms with van der Waals surface area (Å²) in [6.45, 7) is 1.79. The van der Waals surface area contributed by atoms with Crippen LogP contribution in [0, 0.1) is 5.82 Å². The first kappa shape index (κ1) is 17.1. The van der Waals surface area contributed by atoms with Gasteiger partial charge in [0.2, 0.25) is 0 Å². The molecular formula is C17H18FNO3S. The highest BCUT2D eigenvalue weighted by atomic mass is 32.1. The third kappa shape index (κ3) is 5.83. The van der Waals surface area contributed by atoms with Crippen LogP contribution in [0.5, 0.6) is 0 Å². The number of amides is 1. The molecule has 0 saturated heterocycles. The lowest BCUT2D eigenvalue weighted by atomic mass is 10.2. The highest BCUT2D eigenvalue weighted by Gasteiger charge is 2.17. The van der Waals surface area contributed by atoms with Gasteiger partial charge in [0.1, 0.15) is 5.82 Å². The Hall–Kier alpha value is -2.21. The van der Waals surface area contributed by atoms with E-state index in [2.05, 4.69) is 5.32 Å². The number of carbonyl (C=O) groups excluding carboxylic acids is 2. The van der Waals surface area contributed by atoms with Crippen LogP contribution in [0.15, 0.2) is 41.1 Å². The van der Waals surface area contributed by atoms with Crippen molar-refractivity contribution in [1.29, 1.82) is 0 Å². The quantitative estimate of drug-likeness (QED) is 0.791. The van der Waals surface area contributed by atoms with Gasteiger partial charge in [0.05, 0.1) is 0 Å². The van der Waals surface area contributed by atoms with Crippen LogP contribution in [0.1, 0.15) is 24.5 Å². The van der Waals surface area contributed by atoms with Crippen LogP contribution in [0.4, 0.5) is 4.39 Å². The standard InChI is InChI=1S/C17H18FNO3S/c1-12(22-16(20)7-4-14-8-9-23-11-14)17(21)19-10-13-2-5-15(18)6-3-13/h2-3,5-6,8-9,11-12H,4,7,10H2,1H3,(H,19,21)/t12-/m0/s1. The third-order valence-electron chi connectivity index (χ3n) is 3.26. The van der Waals surface area contributed by atoms with Crippen molar-refractivity contribution in [3.63, 3.8) is 0 Å². The zero-order chi connectivity index (χ0) is 16.7. The van der Waals surface area contributed by atoms with Gasteiger partial charge in [0.25, 0.3) is 5.91 Å². The van der Waals surface area contributed by atoms with Gasteiger partial charge >= 0.3 is 5.97 Å². The molecule has 0 unspecified atom stereocenters. The van der Waals surface area contributed by atoms with Gasteiger partial charge in [0, 0.05) is 13.0 Å². The lowest BCUT2D eigenvalue weighted by Crippen LogP contribution is -2.35. The van der Waals surface area contributed by atoms with Crippen molar-refractivity contribution in [1.82, 2.24) is 5.32 Å². The Morgan fingerprint density at radius 3 is 2.61 bits per heavy atom. The Labute approximate surface area is 138 Å². The molecule has 23 heavy (non-hydrogen) atoms. The summed E-state index contributed by atoms with van der Waals surface area (Å²) in [5, 5.41) is 6.59. The predicted molar refractivity (Wildman–Crippen MR) is 86.4 cm³/mol. The Morgan fingerprint density at radius 1 is 1.22 bits per heavy atom. The van der Waals surface area contributed by atoms with Crippen molar-refractivity contribution in [2.45, 2.75) is 32.4 Å². The SMILES string of the molecule is C[C@H](OC(=O)CCc1ccsc1)C(=O)NCc1ccc(F)cc1. The van der Waals surface area contributed by atoms with Gasteiger partial charge in [-0.15, -0.1) is 0 Å². The molecule has 6 heteroatoms. The van der Waals surface area contributed by atoms with Gasteiger partial charge in [-0.05, 0) is 53.4 Å². The molecule has 122 valence electrons. The summed E-state index contributed by atoms with van der Waals surface area (Å²) in [6.07, 6.45) is -0.0103. The maximum Gasteiger partial charge on any atom is 0.306 e. The zero-order valence-electron chi connectivity index (χ0n) is 12.8. The van der Waals surface area contributed by atoms with E-state index in [9.17, 15) is 14.0 Å². The summed E-state index contributed by atoms with van der Waals surface area (Å²) < 4.78 is 17.9. The number of hydrogen-bond acceptors (Lipinski definition) is 4. The van der Waals surface area contributed by atoms with Crippen LogP contribution in [0.2, 0.25) is 0 Å². The summed E-state index contributed by atoms with van der Waals surface area (Å²) in [6, 6.07) is 7.79. The van der Waals surface area contributed by atoms with E-state index < -0.39 is 12.1 Å². The van der Waals surface area contributed by atoms with E-state index in [1.807, 2.05) is 16.8 Å². The number of ether oxygens (including phenoxy) is 1. The van der Waals surface area contributed by atoms with Crippen LogP contribution >= 0.6 is 11.3 Å². The molecule has 0 aliphatic heterocycles. The Kier molecular flexibility index (Phi) is 6.29. The fourth-order valence-electron chi connectivity index (χ4n) is 1.93. The molecule has 2 aromatic rings. The number of rotatable bonds is 7. The van der Waals surface area contributed by atoms with Crippen molar-refractivity contribution in [3.8, 4) is 0 Å². The number of esters is 1. The molecule has 2 rings (SSSR count). The number of benzene rings is 1. The molecular weight excluding hydrogens is 317 g/mol. The van der Waals surface area contributed by atoms with Gasteiger partial charge in [-0.25, -0.2) is 4.39 Å². The molecule has 1 aromatic heterocycles. The Bertz CT molecular complexity index is 640. The molecule has 0 bridgehead atoms. The zero-order valence-corrected chi connectivity index (χ0v) is 13.6. The van der Waals surface area contributed by atoms with E-state index in [1.54, 1.807) is 23.5 Å². The molecule has 0 spiro atoms. The van der Waals surface area contributed by atoms with Crippen molar-refractivity contribution in [3.05, 3.63) is 58.0 Å². The molecule has 0 aliphatic rings. The largest absolute Gasteiger partial charge is 0.453 e. The first-order chi connectivity index (χ1) is 11.0. The van der Waals surface area contributed by atoms with Crippen molar-refractivity contribution in [2.24, 2.45) is 0 Å².